The molecule has 0 radical (unpaired) electrons. The lowest BCUT2D eigenvalue weighted by molar-refractivity contribution is -0.126. The van der Waals surface area contributed by atoms with Crippen molar-refractivity contribution in [3.05, 3.63) is 35.9 Å². The highest BCUT2D eigenvalue weighted by atomic mass is 16.5. The first kappa shape index (κ1) is 25.1. The summed E-state index contributed by atoms with van der Waals surface area (Å²) in [7, 11) is 4.05. The predicted octanol–water partition coefficient (Wildman–Crippen LogP) is 0.589. The Morgan fingerprint density at radius 2 is 1.97 bits per heavy atom. The molecule has 9 heteroatoms. The molecule has 1 aliphatic heterocycles. The smallest absolute Gasteiger partial charge is 0.409 e. The Bertz CT molecular complexity index is 713. The molecule has 0 unspecified atom stereocenters. The van der Waals surface area contributed by atoms with Crippen LogP contribution in [0.2, 0.25) is 0 Å². The van der Waals surface area contributed by atoms with Crippen molar-refractivity contribution < 1.29 is 24.5 Å². The Morgan fingerprint density at radius 1 is 1.29 bits per heavy atom. The normalized spacial score (nSPS) is 18.8. The van der Waals surface area contributed by atoms with Crippen molar-refractivity contribution in [2.45, 2.75) is 38.5 Å². The Morgan fingerprint density at radius 3 is 2.58 bits per heavy atom. The molecule has 3 atom stereocenters. The fraction of sp³-hybridized carbons (Fsp3) is 0.636. The molecule has 1 aliphatic rings. The van der Waals surface area contributed by atoms with Crippen LogP contribution in [-0.4, -0.2) is 97.3 Å². The van der Waals surface area contributed by atoms with Crippen LogP contribution < -0.4 is 10.6 Å². The average molecular weight is 437 g/mol. The molecule has 0 spiro atoms. The molecule has 4 N–H and O–H groups in total. The molecule has 174 valence electrons. The first-order valence-corrected chi connectivity index (χ1v) is 10.5. The third kappa shape index (κ3) is 8.10. The van der Waals surface area contributed by atoms with E-state index in [1.165, 1.54) is 0 Å². The number of nitrogens with one attached hydrogen (secondary N) is 2. The van der Waals surface area contributed by atoms with Gasteiger partial charge in [-0.1, -0.05) is 44.2 Å². The summed E-state index contributed by atoms with van der Waals surface area (Å²) in [5.74, 6) is -0.465. The fourth-order valence-electron chi connectivity index (χ4n) is 3.89. The first-order valence-electron chi connectivity index (χ1n) is 10.5. The second-order valence-electron chi connectivity index (χ2n) is 9.17. The maximum atomic E-state index is 12.8. The van der Waals surface area contributed by atoms with Crippen LogP contribution in [0, 0.1) is 5.41 Å². The molecule has 0 saturated carbocycles. The Balaban J connectivity index is 2.02. The van der Waals surface area contributed by atoms with Crippen molar-refractivity contribution in [3.63, 3.8) is 0 Å². The summed E-state index contributed by atoms with van der Waals surface area (Å²) in [5, 5.41) is 26.3. The number of carboxylic acid groups (broad SMARTS) is 1. The molecule has 31 heavy (non-hydrogen) atoms. The number of aliphatic hydroxyl groups excluding tert-OH is 1. The summed E-state index contributed by atoms with van der Waals surface area (Å²) < 4.78 is 5.15. The number of amides is 2. The van der Waals surface area contributed by atoms with Gasteiger partial charge in [0.2, 0.25) is 5.91 Å². The second-order valence-corrected chi connectivity index (χ2v) is 9.17. The van der Waals surface area contributed by atoms with Gasteiger partial charge in [-0.25, -0.2) is 4.79 Å². The van der Waals surface area contributed by atoms with Gasteiger partial charge >= 0.3 is 6.09 Å². The highest BCUT2D eigenvalue weighted by Crippen LogP contribution is 2.15. The third-order valence-electron chi connectivity index (χ3n) is 5.22. The van der Waals surface area contributed by atoms with Gasteiger partial charge < -0.3 is 30.5 Å². The minimum absolute atomic E-state index is 0.00323. The Kier molecular flexibility index (Phi) is 9.24. The molecule has 0 aliphatic carbocycles. The monoisotopic (exact) mass is 436 g/mol. The highest BCUT2D eigenvalue weighted by molar-refractivity contribution is 5.86. The van der Waals surface area contributed by atoms with Crippen molar-refractivity contribution in [2.24, 2.45) is 5.41 Å². The maximum Gasteiger partial charge on any atom is 0.409 e. The topological polar surface area (TPSA) is 114 Å². The lowest BCUT2D eigenvalue weighted by atomic mass is 9.92. The van der Waals surface area contributed by atoms with Crippen LogP contribution in [0.5, 0.6) is 0 Å². The van der Waals surface area contributed by atoms with Gasteiger partial charge in [0.1, 0.15) is 12.8 Å². The first-order chi connectivity index (χ1) is 14.6. The van der Waals surface area contributed by atoms with E-state index in [-0.39, 0.29) is 18.8 Å². The zero-order valence-corrected chi connectivity index (χ0v) is 18.9. The van der Waals surface area contributed by atoms with Crippen LogP contribution in [0.4, 0.5) is 4.79 Å². The minimum atomic E-state index is -1.21. The largest absolute Gasteiger partial charge is 0.465 e. The molecular formula is C22H36N4O5. The zero-order valence-electron chi connectivity index (χ0n) is 18.9. The SMILES string of the molecule is CN(C)CC(C)(C)CNC[C@@H](O)[C@H](Cc1ccccc1)NC(=O)[C@H]1COCN1C(=O)O. The Hall–Kier alpha value is -2.20. The number of nitrogens with zero attached hydrogens (tertiary/aromatic N) is 2. The summed E-state index contributed by atoms with van der Waals surface area (Å²) >= 11 is 0. The van der Waals surface area contributed by atoms with E-state index in [9.17, 15) is 19.8 Å². The number of hydrogen-bond acceptors (Lipinski definition) is 6. The molecule has 1 heterocycles. The average Bonchev–Trinajstić information content (AvgIpc) is 3.17. The molecule has 1 aromatic rings. The second kappa shape index (κ2) is 11.4. The molecule has 9 nitrogen and oxygen atoms in total. The summed E-state index contributed by atoms with van der Waals surface area (Å²) in [5.41, 5.74) is 0.988. The van der Waals surface area contributed by atoms with E-state index in [4.69, 9.17) is 4.74 Å². The van der Waals surface area contributed by atoms with Crippen molar-refractivity contribution >= 4 is 12.0 Å². The molecule has 2 rings (SSSR count). The van der Waals surface area contributed by atoms with Gasteiger partial charge in [0.15, 0.2) is 0 Å². The summed E-state index contributed by atoms with van der Waals surface area (Å²) in [6.07, 6.45) is -1.63. The number of benzene rings is 1. The van der Waals surface area contributed by atoms with Gasteiger partial charge in [-0.05, 0) is 31.5 Å². The van der Waals surface area contributed by atoms with E-state index < -0.39 is 30.2 Å². The van der Waals surface area contributed by atoms with Crippen LogP contribution in [0.25, 0.3) is 0 Å². The summed E-state index contributed by atoms with van der Waals surface area (Å²) in [6, 6.07) is 8.08. The van der Waals surface area contributed by atoms with Crippen LogP contribution in [0.15, 0.2) is 30.3 Å². The van der Waals surface area contributed by atoms with E-state index in [0.29, 0.717) is 19.5 Å². The van der Waals surface area contributed by atoms with Gasteiger partial charge in [0, 0.05) is 19.6 Å². The van der Waals surface area contributed by atoms with E-state index in [1.54, 1.807) is 0 Å². The fourth-order valence-corrected chi connectivity index (χ4v) is 3.89. The predicted molar refractivity (Wildman–Crippen MR) is 118 cm³/mol. The summed E-state index contributed by atoms with van der Waals surface area (Å²) in [4.78, 5) is 27.2. The minimum Gasteiger partial charge on any atom is -0.465 e. The van der Waals surface area contributed by atoms with Crippen molar-refractivity contribution in [1.82, 2.24) is 20.4 Å². The lowest BCUT2D eigenvalue weighted by Crippen LogP contribution is -2.55. The molecule has 0 bridgehead atoms. The number of carbonyl (C=O) groups excluding carboxylic acids is 1. The van der Waals surface area contributed by atoms with E-state index in [2.05, 4.69) is 29.4 Å². The number of ether oxygens (including phenoxy) is 1. The van der Waals surface area contributed by atoms with Crippen LogP contribution in [0.3, 0.4) is 0 Å². The Labute approximate surface area is 184 Å². The van der Waals surface area contributed by atoms with Crippen molar-refractivity contribution in [1.29, 1.82) is 0 Å². The number of rotatable bonds is 11. The molecule has 1 saturated heterocycles. The number of aliphatic hydroxyl groups is 1. The third-order valence-corrected chi connectivity index (χ3v) is 5.22. The number of hydrogen-bond donors (Lipinski definition) is 4. The van der Waals surface area contributed by atoms with Gasteiger partial charge in [-0.3, -0.25) is 9.69 Å². The van der Waals surface area contributed by atoms with Crippen molar-refractivity contribution in [2.75, 3.05) is 47.1 Å². The molecule has 0 aromatic heterocycles. The van der Waals surface area contributed by atoms with Gasteiger partial charge in [-0.2, -0.15) is 0 Å². The van der Waals surface area contributed by atoms with Crippen LogP contribution in [-0.2, 0) is 16.0 Å². The zero-order chi connectivity index (χ0) is 23.0. The highest BCUT2D eigenvalue weighted by Gasteiger charge is 2.36. The van der Waals surface area contributed by atoms with E-state index >= 15 is 0 Å². The van der Waals surface area contributed by atoms with Crippen LogP contribution >= 0.6 is 0 Å². The molecular weight excluding hydrogens is 400 g/mol. The van der Waals surface area contributed by atoms with E-state index in [0.717, 1.165) is 17.0 Å². The molecule has 2 amide bonds. The summed E-state index contributed by atoms with van der Waals surface area (Å²) in [6.45, 7) is 6.07. The van der Waals surface area contributed by atoms with Crippen LogP contribution in [0.1, 0.15) is 19.4 Å². The van der Waals surface area contributed by atoms with E-state index in [1.807, 2.05) is 44.4 Å². The van der Waals surface area contributed by atoms with Crippen molar-refractivity contribution in [3.8, 4) is 0 Å². The van der Waals surface area contributed by atoms with Gasteiger partial charge in [-0.15, -0.1) is 0 Å². The standard InChI is InChI=1S/C22H36N4O5/c1-22(2,14-25(3)4)13-23-11-19(27)17(10-16-8-6-5-7-9-16)24-20(28)18-12-31-15-26(18)21(29)30/h5-9,17-19,23,27H,10-15H2,1-4H3,(H,24,28)(H,29,30)/t17-,18+,19+/m0/s1. The van der Waals surface area contributed by atoms with Gasteiger partial charge in [0.05, 0.1) is 18.8 Å². The quantitative estimate of drug-likeness (QED) is 0.401. The maximum absolute atomic E-state index is 12.8. The van der Waals surface area contributed by atoms with Gasteiger partial charge in [0.25, 0.3) is 0 Å². The molecule has 1 aromatic carbocycles. The number of carbonyl (C=O) groups is 2. The molecule has 1 fully saturated rings. The lowest BCUT2D eigenvalue weighted by Gasteiger charge is -2.31.